The number of hydrogen-bond donors (Lipinski definition) is 6. The Kier molecular flexibility index (Phi) is 19.3. The number of aliphatic hydroxyl groups is 1. The van der Waals surface area contributed by atoms with E-state index in [1.807, 2.05) is 62.2 Å². The Morgan fingerprint density at radius 3 is 2.52 bits per heavy atom. The molecule has 0 radical (unpaired) electrons. The van der Waals surface area contributed by atoms with Crippen molar-refractivity contribution in [1.29, 1.82) is 0 Å². The summed E-state index contributed by atoms with van der Waals surface area (Å²) in [5.41, 5.74) is 4.80. The van der Waals surface area contributed by atoms with Crippen LogP contribution in [-0.2, 0) is 24.9 Å². The Hall–Kier alpha value is -5.76. The summed E-state index contributed by atoms with van der Waals surface area (Å²) < 4.78 is 50.8. The third kappa shape index (κ3) is 12.8. The fourth-order valence-electron chi connectivity index (χ4n) is 9.28. The van der Waals surface area contributed by atoms with E-state index in [1.54, 1.807) is 0 Å². The lowest BCUT2D eigenvalue weighted by Crippen LogP contribution is -2.51. The molecule has 1 aromatic heterocycles. The van der Waals surface area contributed by atoms with Crippen LogP contribution in [0.1, 0.15) is 85.3 Å². The number of nitrogens with zero attached hydrogens (tertiary/aromatic N) is 3. The van der Waals surface area contributed by atoms with E-state index in [4.69, 9.17) is 30.8 Å². The van der Waals surface area contributed by atoms with Crippen LogP contribution in [0, 0.1) is 11.6 Å². The van der Waals surface area contributed by atoms with Gasteiger partial charge in [0.15, 0.2) is 24.0 Å². The van der Waals surface area contributed by atoms with Crippen molar-refractivity contribution in [3.05, 3.63) is 124 Å². The third-order valence-electron chi connectivity index (χ3n) is 12.7. The highest BCUT2D eigenvalue weighted by molar-refractivity contribution is 8.03. The van der Waals surface area contributed by atoms with Crippen molar-refractivity contribution in [2.24, 2.45) is 0 Å². The number of aldehydes is 2. The Balaban J connectivity index is 0.000000233. The Labute approximate surface area is 426 Å². The number of carbonyl (C=O) groups is 4. The van der Waals surface area contributed by atoms with Crippen LogP contribution in [0.3, 0.4) is 0 Å². The number of fused-ring (bicyclic) bond motifs is 2. The molecular formula is C52H59ClF2N6O8S2. The highest BCUT2D eigenvalue weighted by Gasteiger charge is 2.33. The number of likely N-dealkylation sites (N-methyl/N-ethyl adjacent to an activating group) is 1. The maximum absolute atomic E-state index is 15.3. The number of aliphatic hydroxyl groups excluding tert-OH is 1. The predicted octanol–water partition coefficient (Wildman–Crippen LogP) is 9.76. The van der Waals surface area contributed by atoms with Gasteiger partial charge in [0.25, 0.3) is 6.01 Å². The maximum atomic E-state index is 15.3. The molecule has 2 unspecified atom stereocenters. The summed E-state index contributed by atoms with van der Waals surface area (Å²) in [6, 6.07) is 18.3. The fourth-order valence-corrected chi connectivity index (χ4v) is 10.2. The molecule has 19 heteroatoms. The largest absolute Gasteiger partial charge is 0.485 e. The molecular weight excluding hydrogens is 974 g/mol. The van der Waals surface area contributed by atoms with Gasteiger partial charge in [-0.2, -0.15) is 17.6 Å². The van der Waals surface area contributed by atoms with Crippen LogP contribution in [-0.4, -0.2) is 97.1 Å². The quantitative estimate of drug-likeness (QED) is 0.0145. The second-order valence-corrected chi connectivity index (χ2v) is 19.0. The first-order chi connectivity index (χ1) is 34.2. The van der Waals surface area contributed by atoms with Gasteiger partial charge in [-0.25, -0.2) is 8.78 Å². The van der Waals surface area contributed by atoms with E-state index in [-0.39, 0.29) is 69.0 Å². The topological polar surface area (TPSA) is 187 Å². The second-order valence-electron chi connectivity index (χ2n) is 17.8. The number of piperidine rings is 3. The van der Waals surface area contributed by atoms with Gasteiger partial charge in [-0.3, -0.25) is 24.5 Å². The van der Waals surface area contributed by atoms with Gasteiger partial charge >= 0.3 is 0 Å². The summed E-state index contributed by atoms with van der Waals surface area (Å²) in [6.07, 6.45) is 8.11. The molecule has 5 aromatic rings. The zero-order chi connectivity index (χ0) is 51.4. The van der Waals surface area contributed by atoms with Crippen LogP contribution >= 0.6 is 36.3 Å². The van der Waals surface area contributed by atoms with Gasteiger partial charge in [0.2, 0.25) is 11.8 Å². The minimum absolute atomic E-state index is 0.0219. The summed E-state index contributed by atoms with van der Waals surface area (Å²) in [4.78, 5) is 55.7. The zero-order valence-corrected chi connectivity index (χ0v) is 42.4. The highest BCUT2D eigenvalue weighted by Crippen LogP contribution is 2.41. The lowest BCUT2D eigenvalue weighted by molar-refractivity contribution is -0.134. The van der Waals surface area contributed by atoms with Crippen molar-refractivity contribution in [2.45, 2.75) is 81.7 Å². The van der Waals surface area contributed by atoms with Gasteiger partial charge in [-0.05, 0) is 111 Å². The number of nitrogens with one attached hydrogen (secondary N) is 3. The molecule has 378 valence electrons. The smallest absolute Gasteiger partial charge is 0.298 e. The number of imide groups is 1. The molecule has 5 N–H and O–H groups in total. The number of anilines is 3. The summed E-state index contributed by atoms with van der Waals surface area (Å²) in [5, 5.41) is 17.5. The molecule has 4 aromatic carbocycles. The normalized spacial score (nSPS) is 18.6. The van der Waals surface area contributed by atoms with Crippen LogP contribution in [0.4, 0.5) is 26.2 Å². The monoisotopic (exact) mass is 1030 g/mol. The average molecular weight is 1030 g/mol. The number of carbonyl (C=O) groups excluding carboxylic acids is 4. The summed E-state index contributed by atoms with van der Waals surface area (Å²) in [5.74, 6) is -1.19. The number of allylic oxidation sites excluding steroid dienone is 3. The molecule has 0 saturated carbocycles. The predicted molar refractivity (Wildman–Crippen MR) is 281 cm³/mol. The van der Waals surface area contributed by atoms with Crippen LogP contribution in [0.15, 0.2) is 94.6 Å². The first kappa shape index (κ1) is 54.6. The molecule has 71 heavy (non-hydrogen) atoms. The van der Waals surface area contributed by atoms with E-state index in [1.165, 1.54) is 23.8 Å². The number of benzene rings is 4. The van der Waals surface area contributed by atoms with Gasteiger partial charge in [0.05, 0.1) is 9.94 Å². The van der Waals surface area contributed by atoms with Crippen molar-refractivity contribution in [1.82, 2.24) is 15.6 Å². The highest BCUT2D eigenvalue weighted by atomic mass is 35.5. The third-order valence-corrected chi connectivity index (χ3v) is 14.2. The zero-order valence-electron chi connectivity index (χ0n) is 40.0. The molecule has 3 aliphatic rings. The van der Waals surface area contributed by atoms with E-state index in [0.717, 1.165) is 85.1 Å². The van der Waals surface area contributed by atoms with Gasteiger partial charge < -0.3 is 39.2 Å². The summed E-state index contributed by atoms with van der Waals surface area (Å²) in [6.45, 7) is 9.64. The number of oxazole rings is 1. The lowest BCUT2D eigenvalue weighted by atomic mass is 9.85. The van der Waals surface area contributed by atoms with Crippen molar-refractivity contribution >= 4 is 105 Å². The number of ether oxygens (including phenoxy) is 1. The van der Waals surface area contributed by atoms with Crippen LogP contribution < -0.4 is 25.8 Å². The molecule has 3 saturated heterocycles. The Morgan fingerprint density at radius 1 is 1.10 bits per heavy atom. The van der Waals surface area contributed by atoms with E-state index in [2.05, 4.69) is 52.2 Å². The average Bonchev–Trinajstić information content (AvgIpc) is 3.81. The standard InChI is InChI=1S/C30H30N4O4S.C21H25ClF2N2O3S.CH4O/c1-33(25-8-10-27(36)32-29(25)37)24-7-6-21(22-4-2-3-20(16-35)28(22)24)19-11-13-34(14-12-19)30-31-23-15-18(17-39)5-9-26(23)38-30;1-4-5-16(29-11-10-27)17(22)20(30-28)14-6-7-15(23)19(18(14)24)26-13-8-9-25-21(2,3)12-13;1-2/h2-7,9,15-16,19,25,39H,8,10-14,17H2,1H3,(H,32,36,37);4-7,10,13,25-26,28H,1,8-9,11-12H2,2-3H3;2H,1H3/b;16-5-,20-17+;. The van der Waals surface area contributed by atoms with Crippen molar-refractivity contribution < 1.29 is 46.8 Å². The Bertz CT molecular complexity index is 2820. The molecule has 2 atom stereocenters. The molecule has 4 heterocycles. The number of halogens is 3. The van der Waals surface area contributed by atoms with Crippen molar-refractivity contribution in [2.75, 3.05) is 55.5 Å². The number of aromatic nitrogens is 1. The SMILES string of the molecule is C=C/C=C(OCC=O)/C(Cl)=C(\SO)c1ccc(F)c(NC2CCNC(C)(C)C2)c1F.CN(c1ccc(C2CCN(c3nc4cc(CS)ccc4o3)CC2)c2cccc(C=O)c12)C1CCC(=O)NC1=O.CO. The fraction of sp³-hybridized carbons (Fsp3) is 0.365. The molecule has 0 spiro atoms. The number of thiol groups is 1. The summed E-state index contributed by atoms with van der Waals surface area (Å²) >= 11 is 10.9. The molecule has 14 nitrogen and oxygen atoms in total. The van der Waals surface area contributed by atoms with Crippen LogP contribution in [0.5, 0.6) is 0 Å². The van der Waals surface area contributed by atoms with E-state index in [9.17, 15) is 28.1 Å². The molecule has 2 amide bonds. The van der Waals surface area contributed by atoms with Crippen molar-refractivity contribution in [3.8, 4) is 0 Å². The number of hydrogen-bond acceptors (Lipinski definition) is 15. The molecule has 0 aliphatic carbocycles. The van der Waals surface area contributed by atoms with Gasteiger partial charge in [0.1, 0.15) is 35.4 Å². The maximum Gasteiger partial charge on any atom is 0.298 e. The van der Waals surface area contributed by atoms with E-state index in [0.29, 0.717) is 55.2 Å². The van der Waals surface area contributed by atoms with Gasteiger partial charge in [0, 0.05) is 85.2 Å². The summed E-state index contributed by atoms with van der Waals surface area (Å²) in [7, 11) is 2.86. The van der Waals surface area contributed by atoms with Crippen LogP contribution in [0.25, 0.3) is 26.8 Å². The minimum Gasteiger partial charge on any atom is -0.485 e. The minimum atomic E-state index is -0.880. The number of rotatable bonds is 15. The molecule has 3 fully saturated rings. The second kappa shape index (κ2) is 25.1. The Morgan fingerprint density at radius 2 is 1.86 bits per heavy atom. The first-order valence-corrected chi connectivity index (χ1v) is 24.9. The lowest BCUT2D eigenvalue weighted by Gasteiger charge is -2.37. The number of amides is 2. The molecule has 3 aliphatic heterocycles. The first-order valence-electron chi connectivity index (χ1n) is 23.1. The molecule has 0 bridgehead atoms. The van der Waals surface area contributed by atoms with Crippen molar-refractivity contribution in [3.63, 3.8) is 0 Å². The van der Waals surface area contributed by atoms with Gasteiger partial charge in [-0.15, -0.1) is 0 Å². The van der Waals surface area contributed by atoms with Gasteiger partial charge in [-0.1, -0.05) is 54.6 Å². The van der Waals surface area contributed by atoms with E-state index < -0.39 is 17.7 Å². The van der Waals surface area contributed by atoms with Crippen LogP contribution in [0.2, 0.25) is 0 Å². The van der Waals surface area contributed by atoms with E-state index >= 15 is 4.39 Å². The molecule has 8 rings (SSSR count).